The van der Waals surface area contributed by atoms with E-state index in [-0.39, 0.29) is 5.91 Å². The van der Waals surface area contributed by atoms with E-state index >= 15 is 0 Å². The minimum Gasteiger partial charge on any atom is -0.335 e. The van der Waals surface area contributed by atoms with Crippen LogP contribution < -0.4 is 5.32 Å². The highest BCUT2D eigenvalue weighted by Crippen LogP contribution is 2.36. The zero-order valence-electron chi connectivity index (χ0n) is 11.3. The van der Waals surface area contributed by atoms with Crippen LogP contribution >= 0.6 is 11.3 Å². The summed E-state index contributed by atoms with van der Waals surface area (Å²) in [5.74, 6) is 1.61. The SMILES string of the molecule is CC1C2CNCC2CN1C(=O)c1cc2c(s1)CCC2. The topological polar surface area (TPSA) is 32.3 Å². The molecule has 1 aromatic heterocycles. The molecule has 102 valence electrons. The van der Waals surface area contributed by atoms with Gasteiger partial charge in [0.25, 0.3) is 5.91 Å². The van der Waals surface area contributed by atoms with E-state index in [1.165, 1.54) is 29.7 Å². The summed E-state index contributed by atoms with van der Waals surface area (Å²) in [6.07, 6.45) is 3.62. The third kappa shape index (κ3) is 1.77. The van der Waals surface area contributed by atoms with Gasteiger partial charge in [-0.25, -0.2) is 0 Å². The Bertz CT molecular complexity index is 503. The molecule has 3 heterocycles. The molecule has 3 atom stereocenters. The number of thiophene rings is 1. The van der Waals surface area contributed by atoms with Gasteiger partial charge in [-0.1, -0.05) is 0 Å². The molecular weight excluding hydrogens is 256 g/mol. The molecule has 4 heteroatoms. The Balaban J connectivity index is 1.57. The minimum atomic E-state index is 0.279. The number of hydrogen-bond acceptors (Lipinski definition) is 3. The van der Waals surface area contributed by atoms with Crippen LogP contribution in [0.1, 0.15) is 33.5 Å². The number of carbonyl (C=O) groups excluding carboxylic acids is 1. The molecule has 3 aliphatic rings. The lowest BCUT2D eigenvalue weighted by Gasteiger charge is -2.24. The number of likely N-dealkylation sites (tertiary alicyclic amines) is 1. The number of nitrogens with one attached hydrogen (secondary N) is 1. The largest absolute Gasteiger partial charge is 0.335 e. The van der Waals surface area contributed by atoms with Crippen LogP contribution in [0, 0.1) is 11.8 Å². The van der Waals surface area contributed by atoms with Crippen LogP contribution in [0.3, 0.4) is 0 Å². The lowest BCUT2D eigenvalue weighted by atomic mass is 9.95. The first kappa shape index (κ1) is 11.9. The smallest absolute Gasteiger partial charge is 0.264 e. The Morgan fingerprint density at radius 1 is 1.42 bits per heavy atom. The zero-order chi connectivity index (χ0) is 13.0. The van der Waals surface area contributed by atoms with Gasteiger partial charge in [-0.15, -0.1) is 11.3 Å². The summed E-state index contributed by atoms with van der Waals surface area (Å²) in [5, 5.41) is 3.45. The molecule has 1 amide bonds. The van der Waals surface area contributed by atoms with E-state index in [1.807, 2.05) is 0 Å². The number of fused-ring (bicyclic) bond motifs is 2. The number of carbonyl (C=O) groups is 1. The third-order valence-corrected chi connectivity index (χ3v) is 6.38. The van der Waals surface area contributed by atoms with Crippen molar-refractivity contribution in [3.63, 3.8) is 0 Å². The molecule has 4 rings (SSSR count). The van der Waals surface area contributed by atoms with Crippen molar-refractivity contribution in [1.29, 1.82) is 0 Å². The van der Waals surface area contributed by atoms with Gasteiger partial charge in [0.1, 0.15) is 0 Å². The Morgan fingerprint density at radius 2 is 2.32 bits per heavy atom. The van der Waals surface area contributed by atoms with Gasteiger partial charge in [-0.05, 0) is 49.7 Å². The Kier molecular flexibility index (Phi) is 2.71. The van der Waals surface area contributed by atoms with Crippen molar-refractivity contribution in [2.75, 3.05) is 19.6 Å². The van der Waals surface area contributed by atoms with Crippen LogP contribution in [0.4, 0.5) is 0 Å². The van der Waals surface area contributed by atoms with Crippen LogP contribution in [0.15, 0.2) is 6.07 Å². The van der Waals surface area contributed by atoms with E-state index in [0.29, 0.717) is 17.9 Å². The standard InChI is InChI=1S/C15H20N2OS/c1-9-12-7-16-6-11(12)8-17(9)15(18)14-5-10-3-2-4-13(10)19-14/h5,9,11-12,16H,2-4,6-8H2,1H3. The first-order valence-corrected chi connectivity index (χ1v) is 8.19. The molecule has 2 fully saturated rings. The summed E-state index contributed by atoms with van der Waals surface area (Å²) in [5.41, 5.74) is 1.43. The first-order valence-electron chi connectivity index (χ1n) is 7.37. The highest BCUT2D eigenvalue weighted by molar-refractivity contribution is 7.14. The molecule has 2 saturated heterocycles. The number of rotatable bonds is 1. The number of hydrogen-bond donors (Lipinski definition) is 1. The minimum absolute atomic E-state index is 0.279. The molecule has 1 N–H and O–H groups in total. The van der Waals surface area contributed by atoms with Crippen LogP contribution in [0.25, 0.3) is 0 Å². The zero-order valence-corrected chi connectivity index (χ0v) is 12.1. The molecule has 19 heavy (non-hydrogen) atoms. The fourth-order valence-electron chi connectivity index (χ4n) is 4.01. The van der Waals surface area contributed by atoms with Gasteiger partial charge < -0.3 is 10.2 Å². The number of aryl methyl sites for hydroxylation is 2. The molecule has 0 bridgehead atoms. The van der Waals surface area contributed by atoms with Crippen LogP contribution in [0.5, 0.6) is 0 Å². The fourth-order valence-corrected chi connectivity index (χ4v) is 5.22. The lowest BCUT2D eigenvalue weighted by molar-refractivity contribution is 0.0733. The van der Waals surface area contributed by atoms with Crippen molar-refractivity contribution in [3.8, 4) is 0 Å². The van der Waals surface area contributed by atoms with E-state index in [9.17, 15) is 4.79 Å². The van der Waals surface area contributed by atoms with Crippen LogP contribution in [0.2, 0.25) is 0 Å². The quantitative estimate of drug-likeness (QED) is 0.850. The molecule has 3 nitrogen and oxygen atoms in total. The normalized spacial score (nSPS) is 32.7. The Hall–Kier alpha value is -0.870. The highest BCUT2D eigenvalue weighted by Gasteiger charge is 2.44. The van der Waals surface area contributed by atoms with E-state index in [0.717, 1.165) is 24.5 Å². The molecule has 1 aromatic rings. The van der Waals surface area contributed by atoms with Crippen molar-refractivity contribution in [1.82, 2.24) is 10.2 Å². The van der Waals surface area contributed by atoms with Gasteiger partial charge in [0.2, 0.25) is 0 Å². The molecule has 0 aromatic carbocycles. The summed E-state index contributed by atoms with van der Waals surface area (Å²) >= 11 is 1.74. The number of amides is 1. The molecule has 2 aliphatic heterocycles. The summed E-state index contributed by atoms with van der Waals surface area (Å²) in [4.78, 5) is 17.3. The first-order chi connectivity index (χ1) is 9.24. The van der Waals surface area contributed by atoms with Crippen molar-refractivity contribution in [3.05, 3.63) is 21.4 Å². The molecule has 0 spiro atoms. The van der Waals surface area contributed by atoms with Gasteiger partial charge in [0.15, 0.2) is 0 Å². The molecule has 0 saturated carbocycles. The van der Waals surface area contributed by atoms with Crippen molar-refractivity contribution >= 4 is 17.2 Å². The van der Waals surface area contributed by atoms with Crippen LogP contribution in [-0.2, 0) is 12.8 Å². The van der Waals surface area contributed by atoms with Crippen molar-refractivity contribution in [2.45, 2.75) is 32.2 Å². The maximum atomic E-state index is 12.7. The average molecular weight is 276 g/mol. The van der Waals surface area contributed by atoms with Crippen molar-refractivity contribution in [2.24, 2.45) is 11.8 Å². The van der Waals surface area contributed by atoms with Crippen molar-refractivity contribution < 1.29 is 4.79 Å². The predicted octanol–water partition coefficient (Wildman–Crippen LogP) is 1.92. The summed E-state index contributed by atoms with van der Waals surface area (Å²) < 4.78 is 0. The monoisotopic (exact) mass is 276 g/mol. The molecule has 0 radical (unpaired) electrons. The summed E-state index contributed by atoms with van der Waals surface area (Å²) in [6.45, 7) is 5.33. The molecule has 1 aliphatic carbocycles. The maximum absolute atomic E-state index is 12.7. The third-order valence-electron chi connectivity index (χ3n) is 5.15. The van der Waals surface area contributed by atoms with Gasteiger partial charge in [0.05, 0.1) is 4.88 Å². The van der Waals surface area contributed by atoms with Gasteiger partial charge in [0, 0.05) is 30.6 Å². The second kappa shape index (κ2) is 4.32. The second-order valence-corrected chi connectivity index (χ2v) is 7.33. The van der Waals surface area contributed by atoms with Gasteiger partial charge in [-0.2, -0.15) is 0 Å². The van der Waals surface area contributed by atoms with Crippen LogP contribution in [-0.4, -0.2) is 36.5 Å². The Labute approximate surface area is 118 Å². The average Bonchev–Trinajstić information content (AvgIpc) is 3.09. The van der Waals surface area contributed by atoms with E-state index in [2.05, 4.69) is 23.2 Å². The lowest BCUT2D eigenvalue weighted by Crippen LogP contribution is -2.37. The molecule has 3 unspecified atom stereocenters. The van der Waals surface area contributed by atoms with E-state index in [1.54, 1.807) is 11.3 Å². The summed E-state index contributed by atoms with van der Waals surface area (Å²) in [7, 11) is 0. The van der Waals surface area contributed by atoms with Gasteiger partial charge >= 0.3 is 0 Å². The number of nitrogens with zero attached hydrogens (tertiary/aromatic N) is 1. The second-order valence-electron chi connectivity index (χ2n) is 6.19. The maximum Gasteiger partial charge on any atom is 0.264 e. The predicted molar refractivity (Wildman–Crippen MR) is 76.7 cm³/mol. The van der Waals surface area contributed by atoms with Gasteiger partial charge in [-0.3, -0.25) is 4.79 Å². The molecular formula is C15H20N2OS. The van der Waals surface area contributed by atoms with E-state index in [4.69, 9.17) is 0 Å². The summed E-state index contributed by atoms with van der Waals surface area (Å²) in [6, 6.07) is 2.55. The highest BCUT2D eigenvalue weighted by atomic mass is 32.1. The fraction of sp³-hybridized carbons (Fsp3) is 0.667. The van der Waals surface area contributed by atoms with E-state index < -0.39 is 0 Å². The Morgan fingerprint density at radius 3 is 3.11 bits per heavy atom.